The number of halogens is 1. The van der Waals surface area contributed by atoms with Crippen LogP contribution in [0.2, 0.25) is 0 Å². The standard InChI is InChI=1S/C19H17FN6O/c20-13-3-5-18(21-9-13)25-12-16-15(19(25)27)11-26(23-16)14-4-6-17(22-10-14)24-7-1-2-8-24/h3-6,9-11H,1-2,7-8,12H2. The fourth-order valence-electron chi connectivity index (χ4n) is 3.56. The van der Waals surface area contributed by atoms with E-state index in [0.717, 1.165) is 30.8 Å². The molecule has 0 atom stereocenters. The molecule has 5 heterocycles. The van der Waals surface area contributed by atoms with Crippen molar-refractivity contribution in [3.8, 4) is 5.69 Å². The third-order valence-corrected chi connectivity index (χ3v) is 4.99. The lowest BCUT2D eigenvalue weighted by atomic mass is 10.3. The van der Waals surface area contributed by atoms with Gasteiger partial charge < -0.3 is 4.90 Å². The molecule has 0 unspecified atom stereocenters. The van der Waals surface area contributed by atoms with Gasteiger partial charge in [-0.05, 0) is 37.1 Å². The summed E-state index contributed by atoms with van der Waals surface area (Å²) in [4.78, 5) is 25.0. The third kappa shape index (κ3) is 2.73. The number of carbonyl (C=O) groups is 1. The quantitative estimate of drug-likeness (QED) is 0.715. The molecule has 1 fully saturated rings. The van der Waals surface area contributed by atoms with Crippen LogP contribution >= 0.6 is 0 Å². The molecular formula is C19H17FN6O. The molecule has 0 aromatic carbocycles. The summed E-state index contributed by atoms with van der Waals surface area (Å²) in [6.07, 6.45) is 7.01. The first-order chi connectivity index (χ1) is 13.2. The highest BCUT2D eigenvalue weighted by molar-refractivity contribution is 6.09. The Labute approximate surface area is 155 Å². The van der Waals surface area contributed by atoms with Crippen LogP contribution in [-0.2, 0) is 6.54 Å². The van der Waals surface area contributed by atoms with Crippen LogP contribution in [0.4, 0.5) is 16.0 Å². The van der Waals surface area contributed by atoms with Crippen molar-refractivity contribution >= 4 is 17.5 Å². The second-order valence-electron chi connectivity index (χ2n) is 6.73. The van der Waals surface area contributed by atoms with Gasteiger partial charge in [-0.3, -0.25) is 9.69 Å². The average Bonchev–Trinajstić information content (AvgIpc) is 3.41. The zero-order chi connectivity index (χ0) is 18.4. The van der Waals surface area contributed by atoms with Crippen LogP contribution in [0.25, 0.3) is 5.69 Å². The number of hydrogen-bond acceptors (Lipinski definition) is 5. The topological polar surface area (TPSA) is 67.2 Å². The second kappa shape index (κ2) is 6.15. The molecule has 3 aromatic heterocycles. The number of pyridine rings is 2. The van der Waals surface area contributed by atoms with Crippen LogP contribution in [0.15, 0.2) is 42.9 Å². The SMILES string of the molecule is O=C1c2cn(-c3ccc(N4CCCC4)nc3)nc2CN1c1ccc(F)cn1. The van der Waals surface area contributed by atoms with Gasteiger partial charge in [0.15, 0.2) is 0 Å². The number of fused-ring (bicyclic) bond motifs is 1. The molecule has 2 aliphatic heterocycles. The van der Waals surface area contributed by atoms with E-state index >= 15 is 0 Å². The van der Waals surface area contributed by atoms with Crippen molar-refractivity contribution in [2.24, 2.45) is 0 Å². The number of amides is 1. The molecule has 5 rings (SSSR count). The molecular weight excluding hydrogens is 347 g/mol. The fourth-order valence-corrected chi connectivity index (χ4v) is 3.56. The number of rotatable bonds is 3. The maximum atomic E-state index is 13.1. The highest BCUT2D eigenvalue weighted by Gasteiger charge is 2.32. The number of hydrogen-bond donors (Lipinski definition) is 0. The number of nitrogens with zero attached hydrogens (tertiary/aromatic N) is 6. The maximum absolute atomic E-state index is 13.1. The molecule has 136 valence electrons. The van der Waals surface area contributed by atoms with E-state index in [2.05, 4.69) is 20.0 Å². The summed E-state index contributed by atoms with van der Waals surface area (Å²) < 4.78 is 14.7. The van der Waals surface area contributed by atoms with E-state index in [1.807, 2.05) is 12.1 Å². The zero-order valence-electron chi connectivity index (χ0n) is 14.5. The summed E-state index contributed by atoms with van der Waals surface area (Å²) in [5, 5.41) is 4.53. The van der Waals surface area contributed by atoms with E-state index in [1.54, 1.807) is 17.1 Å². The van der Waals surface area contributed by atoms with Crippen LogP contribution < -0.4 is 9.80 Å². The Kier molecular flexibility index (Phi) is 3.63. The van der Waals surface area contributed by atoms with Gasteiger partial charge in [-0.15, -0.1) is 0 Å². The van der Waals surface area contributed by atoms with Gasteiger partial charge >= 0.3 is 0 Å². The first-order valence-electron chi connectivity index (χ1n) is 8.92. The molecule has 0 bridgehead atoms. The van der Waals surface area contributed by atoms with Crippen molar-refractivity contribution in [1.29, 1.82) is 0 Å². The van der Waals surface area contributed by atoms with E-state index in [4.69, 9.17) is 0 Å². The molecule has 1 amide bonds. The molecule has 7 nitrogen and oxygen atoms in total. The Morgan fingerprint density at radius 2 is 1.74 bits per heavy atom. The second-order valence-corrected chi connectivity index (χ2v) is 6.73. The minimum Gasteiger partial charge on any atom is -0.357 e. The van der Waals surface area contributed by atoms with Gasteiger partial charge in [0.1, 0.15) is 17.5 Å². The number of aromatic nitrogens is 4. The molecule has 3 aromatic rings. The van der Waals surface area contributed by atoms with Crippen molar-refractivity contribution in [3.05, 3.63) is 59.9 Å². The smallest absolute Gasteiger partial charge is 0.263 e. The monoisotopic (exact) mass is 364 g/mol. The average molecular weight is 364 g/mol. The highest BCUT2D eigenvalue weighted by atomic mass is 19.1. The predicted octanol–water partition coefficient (Wildman–Crippen LogP) is 2.56. The summed E-state index contributed by atoms with van der Waals surface area (Å²) >= 11 is 0. The molecule has 1 saturated heterocycles. The van der Waals surface area contributed by atoms with Crippen molar-refractivity contribution < 1.29 is 9.18 Å². The number of anilines is 2. The van der Waals surface area contributed by atoms with Crippen LogP contribution in [-0.4, -0.2) is 38.7 Å². The zero-order valence-corrected chi connectivity index (χ0v) is 14.5. The summed E-state index contributed by atoms with van der Waals surface area (Å²) in [5.41, 5.74) is 2.02. The van der Waals surface area contributed by atoms with Gasteiger partial charge in [0, 0.05) is 19.3 Å². The minimum atomic E-state index is -0.432. The first kappa shape index (κ1) is 15.9. The molecule has 8 heteroatoms. The Morgan fingerprint density at radius 1 is 0.963 bits per heavy atom. The maximum Gasteiger partial charge on any atom is 0.263 e. The Morgan fingerprint density at radius 3 is 2.41 bits per heavy atom. The lowest BCUT2D eigenvalue weighted by molar-refractivity contribution is 0.0995. The van der Waals surface area contributed by atoms with Crippen molar-refractivity contribution in [2.75, 3.05) is 22.9 Å². The molecule has 2 aliphatic rings. The van der Waals surface area contributed by atoms with E-state index in [-0.39, 0.29) is 5.91 Å². The van der Waals surface area contributed by atoms with E-state index in [1.165, 1.54) is 29.9 Å². The van der Waals surface area contributed by atoms with Crippen molar-refractivity contribution in [1.82, 2.24) is 19.7 Å². The van der Waals surface area contributed by atoms with Gasteiger partial charge in [0.25, 0.3) is 5.91 Å². The van der Waals surface area contributed by atoms with Crippen molar-refractivity contribution in [2.45, 2.75) is 19.4 Å². The lowest BCUT2D eigenvalue weighted by Gasteiger charge is -2.16. The third-order valence-electron chi connectivity index (χ3n) is 4.99. The molecule has 0 spiro atoms. The van der Waals surface area contributed by atoms with E-state index in [9.17, 15) is 9.18 Å². The van der Waals surface area contributed by atoms with Crippen LogP contribution in [0.1, 0.15) is 28.9 Å². The summed E-state index contributed by atoms with van der Waals surface area (Å²) in [7, 11) is 0. The van der Waals surface area contributed by atoms with Gasteiger partial charge in [-0.2, -0.15) is 5.10 Å². The largest absolute Gasteiger partial charge is 0.357 e. The van der Waals surface area contributed by atoms with Gasteiger partial charge in [-0.1, -0.05) is 0 Å². The van der Waals surface area contributed by atoms with Crippen LogP contribution in [0, 0.1) is 5.82 Å². The normalized spacial score (nSPS) is 16.3. The van der Waals surface area contributed by atoms with Gasteiger partial charge in [-0.25, -0.2) is 19.0 Å². The summed E-state index contributed by atoms with van der Waals surface area (Å²) in [6.45, 7) is 2.41. The molecule has 0 N–H and O–H groups in total. The lowest BCUT2D eigenvalue weighted by Crippen LogP contribution is -2.24. The molecule has 0 radical (unpaired) electrons. The van der Waals surface area contributed by atoms with E-state index < -0.39 is 5.82 Å². The predicted molar refractivity (Wildman–Crippen MR) is 97.5 cm³/mol. The summed E-state index contributed by atoms with van der Waals surface area (Å²) in [5.74, 6) is 0.776. The first-order valence-corrected chi connectivity index (χ1v) is 8.92. The highest BCUT2D eigenvalue weighted by Crippen LogP contribution is 2.27. The Balaban J connectivity index is 1.38. The van der Waals surface area contributed by atoms with Gasteiger partial charge in [0.2, 0.25) is 0 Å². The Hall–Kier alpha value is -3.29. The molecule has 0 aliphatic carbocycles. The Bertz CT molecular complexity index is 992. The fraction of sp³-hybridized carbons (Fsp3) is 0.263. The summed E-state index contributed by atoms with van der Waals surface area (Å²) in [6, 6.07) is 6.74. The van der Waals surface area contributed by atoms with Gasteiger partial charge in [0.05, 0.1) is 35.9 Å². The van der Waals surface area contributed by atoms with Crippen LogP contribution in [0.3, 0.4) is 0 Å². The van der Waals surface area contributed by atoms with Crippen LogP contribution in [0.5, 0.6) is 0 Å². The number of carbonyl (C=O) groups excluding carboxylic acids is 1. The van der Waals surface area contributed by atoms with E-state index in [0.29, 0.717) is 23.6 Å². The molecule has 0 saturated carbocycles. The minimum absolute atomic E-state index is 0.183. The van der Waals surface area contributed by atoms with Crippen molar-refractivity contribution in [3.63, 3.8) is 0 Å². The molecule has 27 heavy (non-hydrogen) atoms.